The molecule has 5 unspecified atom stereocenters. The Hall–Kier alpha value is -3.36. The first-order chi connectivity index (χ1) is 24.5. The number of hydrogen-bond acceptors (Lipinski definition) is 6. The third kappa shape index (κ3) is 16.1. The normalized spacial score (nSPS) is 26.6. The molecular formula is C46H66O6. The van der Waals surface area contributed by atoms with Crippen molar-refractivity contribution in [3.05, 3.63) is 142 Å². The molecule has 6 heteroatoms. The summed E-state index contributed by atoms with van der Waals surface area (Å²) in [5.74, 6) is 0. The van der Waals surface area contributed by atoms with Gasteiger partial charge in [-0.2, -0.15) is 0 Å². The maximum absolute atomic E-state index is 10.3. The van der Waals surface area contributed by atoms with Crippen molar-refractivity contribution in [3.63, 3.8) is 0 Å². The van der Waals surface area contributed by atoms with Crippen molar-refractivity contribution in [2.45, 2.75) is 131 Å². The molecule has 1 fully saturated rings. The summed E-state index contributed by atoms with van der Waals surface area (Å²) < 4.78 is 11.4. The average molecular weight is 715 g/mol. The highest BCUT2D eigenvalue weighted by molar-refractivity contribution is 5.37. The number of aliphatic hydroxyl groups excluding tert-OH is 4. The first-order valence-corrected chi connectivity index (χ1v) is 18.6. The van der Waals surface area contributed by atoms with Crippen molar-refractivity contribution in [2.24, 2.45) is 5.41 Å². The molecule has 5 atom stereocenters. The lowest BCUT2D eigenvalue weighted by molar-refractivity contribution is -0.322. The zero-order chi connectivity index (χ0) is 38.9. The van der Waals surface area contributed by atoms with Crippen molar-refractivity contribution >= 4 is 0 Å². The fourth-order valence-electron chi connectivity index (χ4n) is 6.03. The Balaban J connectivity index is 1.82. The zero-order valence-corrected chi connectivity index (χ0v) is 33.3. The van der Waals surface area contributed by atoms with E-state index in [4.69, 9.17) is 9.47 Å². The molecule has 0 spiro atoms. The van der Waals surface area contributed by atoms with Crippen molar-refractivity contribution < 1.29 is 29.9 Å². The Morgan fingerprint density at radius 2 is 1.21 bits per heavy atom. The van der Waals surface area contributed by atoms with Gasteiger partial charge < -0.3 is 29.9 Å². The second-order valence-corrected chi connectivity index (χ2v) is 15.5. The molecule has 0 amide bonds. The van der Waals surface area contributed by atoms with Crippen molar-refractivity contribution in [1.82, 2.24) is 0 Å². The first-order valence-electron chi connectivity index (χ1n) is 18.6. The van der Waals surface area contributed by atoms with Crippen LogP contribution in [0.3, 0.4) is 0 Å². The molecular weight excluding hydrogens is 648 g/mol. The van der Waals surface area contributed by atoms with E-state index in [2.05, 4.69) is 121 Å². The van der Waals surface area contributed by atoms with E-state index in [1.54, 1.807) is 0 Å². The molecule has 1 saturated heterocycles. The monoisotopic (exact) mass is 714 g/mol. The van der Waals surface area contributed by atoms with Gasteiger partial charge in [0.25, 0.3) is 0 Å². The SMILES string of the molecule is CC(C=CC=C(C)C=CC=C(C)C=CCC(C)(C)OC1OC(CO)C(O)C(O)C1O)=CC=CC=C(C)C=CC=C(C)C=CC1=C(C)CCCC1(C)C. The number of hydrogen-bond donors (Lipinski definition) is 4. The summed E-state index contributed by atoms with van der Waals surface area (Å²) in [6.07, 6.45) is 33.4. The molecule has 0 aromatic rings. The lowest BCUT2D eigenvalue weighted by atomic mass is 9.72. The predicted molar refractivity (Wildman–Crippen MR) is 218 cm³/mol. The summed E-state index contributed by atoms with van der Waals surface area (Å²) >= 11 is 0. The van der Waals surface area contributed by atoms with Gasteiger partial charge in [-0.25, -0.2) is 0 Å². The highest BCUT2D eigenvalue weighted by Gasteiger charge is 2.45. The van der Waals surface area contributed by atoms with Crippen LogP contribution in [0, 0.1) is 5.41 Å². The van der Waals surface area contributed by atoms with Gasteiger partial charge in [-0.15, -0.1) is 0 Å². The van der Waals surface area contributed by atoms with Crippen molar-refractivity contribution in [2.75, 3.05) is 6.61 Å². The van der Waals surface area contributed by atoms with Crippen molar-refractivity contribution in [1.29, 1.82) is 0 Å². The van der Waals surface area contributed by atoms with Crippen LogP contribution >= 0.6 is 0 Å². The Morgan fingerprint density at radius 3 is 1.71 bits per heavy atom. The molecule has 2 rings (SSSR count). The summed E-state index contributed by atoms with van der Waals surface area (Å²) in [6.45, 7) is 20.6. The van der Waals surface area contributed by atoms with Gasteiger partial charge in [0.05, 0.1) is 12.2 Å². The average Bonchev–Trinajstić information content (AvgIpc) is 3.06. The molecule has 0 bridgehead atoms. The zero-order valence-electron chi connectivity index (χ0n) is 33.3. The van der Waals surface area contributed by atoms with E-state index in [-0.39, 0.29) is 5.41 Å². The highest BCUT2D eigenvalue weighted by Crippen LogP contribution is 2.40. The van der Waals surface area contributed by atoms with Crippen LogP contribution in [0.15, 0.2) is 142 Å². The molecule has 1 heterocycles. The summed E-state index contributed by atoms with van der Waals surface area (Å²) in [6, 6.07) is 0. The minimum atomic E-state index is -1.46. The van der Waals surface area contributed by atoms with E-state index in [0.717, 1.165) is 16.7 Å². The van der Waals surface area contributed by atoms with E-state index in [0.29, 0.717) is 6.42 Å². The van der Waals surface area contributed by atoms with Crippen molar-refractivity contribution in [3.8, 4) is 0 Å². The second kappa shape index (κ2) is 22.0. The number of ether oxygens (including phenoxy) is 2. The Kier molecular flexibility index (Phi) is 18.9. The molecule has 286 valence electrons. The minimum absolute atomic E-state index is 0.263. The van der Waals surface area contributed by atoms with Crippen LogP contribution < -0.4 is 0 Å². The molecule has 0 saturated carbocycles. The fraction of sp³-hybridized carbons (Fsp3) is 0.478. The Morgan fingerprint density at radius 1 is 0.731 bits per heavy atom. The number of rotatable bonds is 16. The van der Waals surface area contributed by atoms with Gasteiger partial charge in [0.2, 0.25) is 0 Å². The predicted octanol–water partition coefficient (Wildman–Crippen LogP) is 9.57. The van der Waals surface area contributed by atoms with Crippen LogP contribution in [0.4, 0.5) is 0 Å². The number of allylic oxidation sites excluding steroid dienone is 23. The molecule has 6 nitrogen and oxygen atoms in total. The molecule has 1 aliphatic heterocycles. The maximum Gasteiger partial charge on any atom is 0.187 e. The molecule has 0 aromatic heterocycles. The topological polar surface area (TPSA) is 99.4 Å². The Labute approximate surface area is 314 Å². The van der Waals surface area contributed by atoms with Gasteiger partial charge in [0.15, 0.2) is 6.29 Å². The summed E-state index contributed by atoms with van der Waals surface area (Å²) in [5.41, 5.74) is 8.32. The molecule has 52 heavy (non-hydrogen) atoms. The van der Waals surface area contributed by atoms with Crippen LogP contribution in [0.25, 0.3) is 0 Å². The van der Waals surface area contributed by atoms with Crippen LogP contribution in [-0.4, -0.2) is 63.3 Å². The van der Waals surface area contributed by atoms with E-state index in [1.165, 1.54) is 41.6 Å². The third-order valence-corrected chi connectivity index (χ3v) is 9.31. The van der Waals surface area contributed by atoms with E-state index in [1.807, 2.05) is 51.2 Å². The number of aliphatic hydroxyl groups is 4. The standard InChI is InChI=1S/C46H66O6/c1-33(18-11-12-19-34(2)21-15-25-37(5)28-29-39-38(6)27-17-30-45(39,7)8)20-13-22-35(3)23-14-24-36(4)26-16-31-46(9,10)52-44-43(50)42(49)41(48)40(32-47)51-44/h11-16,18-26,28-29,40-44,47-50H,17,27,30-32H2,1-10H3. The third-order valence-electron chi connectivity index (χ3n) is 9.31. The summed E-state index contributed by atoms with van der Waals surface area (Å²) in [4.78, 5) is 0. The van der Waals surface area contributed by atoms with E-state index < -0.39 is 42.9 Å². The molecule has 0 radical (unpaired) electrons. The van der Waals surface area contributed by atoms with Gasteiger partial charge in [-0.05, 0) is 92.1 Å². The Bertz CT molecular complexity index is 1530. The van der Waals surface area contributed by atoms with Crippen LogP contribution in [0.1, 0.15) is 94.9 Å². The van der Waals surface area contributed by atoms with Gasteiger partial charge >= 0.3 is 0 Å². The molecule has 1 aliphatic carbocycles. The largest absolute Gasteiger partial charge is 0.394 e. The smallest absolute Gasteiger partial charge is 0.187 e. The molecule has 0 aromatic carbocycles. The van der Waals surface area contributed by atoms with E-state index in [9.17, 15) is 20.4 Å². The van der Waals surface area contributed by atoms with Crippen LogP contribution in [0.2, 0.25) is 0 Å². The fourth-order valence-corrected chi connectivity index (χ4v) is 6.03. The summed E-state index contributed by atoms with van der Waals surface area (Å²) in [7, 11) is 0. The lowest BCUT2D eigenvalue weighted by Gasteiger charge is -2.42. The quantitative estimate of drug-likeness (QED) is 0.119. The molecule has 2 aliphatic rings. The minimum Gasteiger partial charge on any atom is -0.394 e. The maximum atomic E-state index is 10.3. The van der Waals surface area contributed by atoms with Gasteiger partial charge in [0, 0.05) is 0 Å². The lowest BCUT2D eigenvalue weighted by Crippen LogP contribution is -2.60. The molecule has 4 N–H and O–H groups in total. The second-order valence-electron chi connectivity index (χ2n) is 15.5. The van der Waals surface area contributed by atoms with Crippen LogP contribution in [0.5, 0.6) is 0 Å². The van der Waals surface area contributed by atoms with Gasteiger partial charge in [0.1, 0.15) is 24.4 Å². The van der Waals surface area contributed by atoms with E-state index >= 15 is 0 Å². The summed E-state index contributed by atoms with van der Waals surface area (Å²) in [5, 5.41) is 39.7. The van der Waals surface area contributed by atoms with Gasteiger partial charge in [-0.3, -0.25) is 0 Å². The first kappa shape index (κ1) is 44.8. The highest BCUT2D eigenvalue weighted by atomic mass is 16.7. The van der Waals surface area contributed by atoms with Crippen LogP contribution in [-0.2, 0) is 9.47 Å². The van der Waals surface area contributed by atoms with Gasteiger partial charge in [-0.1, -0.05) is 151 Å².